The third-order valence-corrected chi connectivity index (χ3v) is 2.99. The number of para-hydroxylation sites is 1. The Morgan fingerprint density at radius 3 is 2.65 bits per heavy atom. The fourth-order valence-electron chi connectivity index (χ4n) is 2.14. The fourth-order valence-corrected chi connectivity index (χ4v) is 2.14. The van der Waals surface area contributed by atoms with E-state index >= 15 is 0 Å². The number of nitrogens with zero attached hydrogens (tertiary/aromatic N) is 2. The summed E-state index contributed by atoms with van der Waals surface area (Å²) in [6.07, 6.45) is 2.19. The number of rotatable bonds is 6. The summed E-state index contributed by atoms with van der Waals surface area (Å²) in [4.78, 5) is 8.85. The van der Waals surface area contributed by atoms with Crippen LogP contribution in [-0.4, -0.2) is 16.5 Å². The van der Waals surface area contributed by atoms with E-state index in [1.165, 1.54) is 5.56 Å². The molecule has 1 aromatic heterocycles. The van der Waals surface area contributed by atoms with Crippen molar-refractivity contribution < 1.29 is 0 Å². The summed E-state index contributed by atoms with van der Waals surface area (Å²) < 4.78 is 0. The van der Waals surface area contributed by atoms with E-state index in [1.54, 1.807) is 0 Å². The van der Waals surface area contributed by atoms with Crippen LogP contribution in [0.1, 0.15) is 31.5 Å². The average molecular weight is 270 g/mol. The molecule has 0 atom stereocenters. The molecular formula is C16H22N4. The molecule has 0 unspecified atom stereocenters. The van der Waals surface area contributed by atoms with Crippen molar-refractivity contribution in [2.45, 2.75) is 33.6 Å². The van der Waals surface area contributed by atoms with Crippen LogP contribution in [-0.2, 0) is 6.42 Å². The third-order valence-electron chi connectivity index (χ3n) is 2.99. The number of nitrogens with one attached hydrogen (secondary N) is 2. The minimum atomic E-state index is 0.669. The van der Waals surface area contributed by atoms with Crippen LogP contribution in [0.2, 0.25) is 0 Å². The highest BCUT2D eigenvalue weighted by atomic mass is 15.1. The molecule has 0 saturated carbocycles. The first-order valence-electron chi connectivity index (χ1n) is 7.17. The van der Waals surface area contributed by atoms with Crippen molar-refractivity contribution in [3.8, 4) is 0 Å². The maximum Gasteiger partial charge on any atom is 0.224 e. The van der Waals surface area contributed by atoms with Gasteiger partial charge in [0.25, 0.3) is 0 Å². The second-order valence-corrected chi connectivity index (χ2v) is 4.78. The summed E-state index contributed by atoms with van der Waals surface area (Å²) in [5.41, 5.74) is 3.39. The molecule has 1 aromatic carbocycles. The van der Waals surface area contributed by atoms with Crippen molar-refractivity contribution in [1.82, 2.24) is 9.97 Å². The first-order chi connectivity index (χ1) is 9.72. The molecule has 106 valence electrons. The zero-order valence-electron chi connectivity index (χ0n) is 12.4. The highest BCUT2D eigenvalue weighted by molar-refractivity contribution is 5.61. The monoisotopic (exact) mass is 270 g/mol. The summed E-state index contributed by atoms with van der Waals surface area (Å²) in [6.45, 7) is 7.02. The minimum absolute atomic E-state index is 0.669. The number of hydrogen-bond donors (Lipinski definition) is 2. The van der Waals surface area contributed by atoms with Crippen LogP contribution < -0.4 is 10.6 Å². The van der Waals surface area contributed by atoms with Gasteiger partial charge in [-0.15, -0.1) is 0 Å². The lowest BCUT2D eigenvalue weighted by Crippen LogP contribution is -2.06. The maximum atomic E-state index is 4.49. The summed E-state index contributed by atoms with van der Waals surface area (Å²) >= 11 is 0. The van der Waals surface area contributed by atoms with E-state index in [2.05, 4.69) is 45.7 Å². The molecule has 0 aliphatic carbocycles. The predicted octanol–water partition coefficient (Wildman–Crippen LogP) is 3.91. The van der Waals surface area contributed by atoms with Gasteiger partial charge in [0.2, 0.25) is 5.95 Å². The normalized spacial score (nSPS) is 10.3. The van der Waals surface area contributed by atoms with E-state index < -0.39 is 0 Å². The van der Waals surface area contributed by atoms with Gasteiger partial charge in [0.1, 0.15) is 5.82 Å². The second-order valence-electron chi connectivity index (χ2n) is 4.78. The van der Waals surface area contributed by atoms with E-state index in [-0.39, 0.29) is 0 Å². The Morgan fingerprint density at radius 2 is 1.90 bits per heavy atom. The molecule has 0 fully saturated rings. The van der Waals surface area contributed by atoms with E-state index in [0.29, 0.717) is 5.95 Å². The lowest BCUT2D eigenvalue weighted by atomic mass is 10.1. The van der Waals surface area contributed by atoms with Crippen molar-refractivity contribution in [3.63, 3.8) is 0 Å². The Morgan fingerprint density at radius 1 is 1.10 bits per heavy atom. The highest BCUT2D eigenvalue weighted by Crippen LogP contribution is 2.21. The summed E-state index contributed by atoms with van der Waals surface area (Å²) in [5, 5.41) is 6.56. The lowest BCUT2D eigenvalue weighted by Gasteiger charge is -2.12. The van der Waals surface area contributed by atoms with E-state index in [4.69, 9.17) is 0 Å². The summed E-state index contributed by atoms with van der Waals surface area (Å²) in [6, 6.07) is 10.3. The van der Waals surface area contributed by atoms with Gasteiger partial charge in [0.15, 0.2) is 0 Å². The molecule has 4 heteroatoms. The number of aromatic nitrogens is 2. The van der Waals surface area contributed by atoms with Gasteiger partial charge < -0.3 is 10.6 Å². The summed E-state index contributed by atoms with van der Waals surface area (Å²) in [7, 11) is 0. The first kappa shape index (κ1) is 14.3. The number of benzene rings is 1. The van der Waals surface area contributed by atoms with Gasteiger partial charge in [-0.1, -0.05) is 31.5 Å². The van der Waals surface area contributed by atoms with Crippen molar-refractivity contribution in [3.05, 3.63) is 41.6 Å². The molecule has 4 nitrogen and oxygen atoms in total. The molecule has 0 aliphatic heterocycles. The first-order valence-corrected chi connectivity index (χ1v) is 7.17. The lowest BCUT2D eigenvalue weighted by molar-refractivity contribution is 0.923. The molecule has 0 amide bonds. The van der Waals surface area contributed by atoms with E-state index in [1.807, 2.05) is 26.0 Å². The number of hydrogen-bond acceptors (Lipinski definition) is 4. The molecular weight excluding hydrogens is 248 g/mol. The Kier molecular flexibility index (Phi) is 4.93. The van der Waals surface area contributed by atoms with E-state index in [9.17, 15) is 0 Å². The minimum Gasteiger partial charge on any atom is -0.354 e. The van der Waals surface area contributed by atoms with Gasteiger partial charge in [-0.05, 0) is 31.9 Å². The van der Waals surface area contributed by atoms with Gasteiger partial charge in [-0.2, -0.15) is 4.98 Å². The molecule has 20 heavy (non-hydrogen) atoms. The van der Waals surface area contributed by atoms with Crippen LogP contribution in [0.5, 0.6) is 0 Å². The number of anilines is 3. The van der Waals surface area contributed by atoms with Crippen molar-refractivity contribution in [2.75, 3.05) is 17.2 Å². The van der Waals surface area contributed by atoms with Gasteiger partial charge in [-0.25, -0.2) is 4.98 Å². The topological polar surface area (TPSA) is 49.8 Å². The van der Waals surface area contributed by atoms with Gasteiger partial charge >= 0.3 is 0 Å². The molecule has 0 aliphatic rings. The molecule has 0 bridgehead atoms. The van der Waals surface area contributed by atoms with Crippen LogP contribution in [0.4, 0.5) is 17.5 Å². The Hall–Kier alpha value is -2.10. The zero-order valence-corrected chi connectivity index (χ0v) is 12.4. The molecule has 2 rings (SSSR count). The third kappa shape index (κ3) is 3.70. The molecule has 2 aromatic rings. The molecule has 0 saturated heterocycles. The van der Waals surface area contributed by atoms with Crippen molar-refractivity contribution in [2.24, 2.45) is 0 Å². The standard InChI is InChI=1S/C16H22N4/c1-4-8-13-9-6-7-10-14(13)19-15-11-12(3)18-16(20-15)17-5-2/h6-7,9-11H,4-5,8H2,1-3H3,(H2,17,18,19,20). The zero-order chi connectivity index (χ0) is 14.4. The predicted molar refractivity (Wildman–Crippen MR) is 84.7 cm³/mol. The van der Waals surface area contributed by atoms with E-state index in [0.717, 1.165) is 36.6 Å². The van der Waals surface area contributed by atoms with Crippen LogP contribution in [0.3, 0.4) is 0 Å². The molecule has 0 radical (unpaired) electrons. The summed E-state index contributed by atoms with van der Waals surface area (Å²) in [5.74, 6) is 1.50. The smallest absolute Gasteiger partial charge is 0.224 e. The van der Waals surface area contributed by atoms with Crippen LogP contribution in [0.25, 0.3) is 0 Å². The largest absolute Gasteiger partial charge is 0.354 e. The van der Waals surface area contributed by atoms with Crippen molar-refractivity contribution >= 4 is 17.5 Å². The van der Waals surface area contributed by atoms with Gasteiger partial charge in [-0.3, -0.25) is 0 Å². The molecule has 1 heterocycles. The fraction of sp³-hybridized carbons (Fsp3) is 0.375. The van der Waals surface area contributed by atoms with Crippen LogP contribution >= 0.6 is 0 Å². The molecule has 2 N–H and O–H groups in total. The molecule has 0 spiro atoms. The van der Waals surface area contributed by atoms with Crippen LogP contribution in [0.15, 0.2) is 30.3 Å². The number of aryl methyl sites for hydroxylation is 2. The Bertz CT molecular complexity index is 566. The SMILES string of the molecule is CCCc1ccccc1Nc1cc(C)nc(NCC)n1. The maximum absolute atomic E-state index is 4.49. The van der Waals surface area contributed by atoms with Gasteiger partial charge in [0.05, 0.1) is 0 Å². The Balaban J connectivity index is 2.25. The second kappa shape index (κ2) is 6.89. The van der Waals surface area contributed by atoms with Crippen molar-refractivity contribution in [1.29, 1.82) is 0 Å². The average Bonchev–Trinajstić information content (AvgIpc) is 2.41. The van der Waals surface area contributed by atoms with Crippen LogP contribution in [0, 0.1) is 6.92 Å². The Labute approximate surface area is 120 Å². The highest BCUT2D eigenvalue weighted by Gasteiger charge is 2.05. The van der Waals surface area contributed by atoms with Gasteiger partial charge in [0, 0.05) is 24.0 Å². The quantitative estimate of drug-likeness (QED) is 0.835.